The smallest absolute Gasteiger partial charge is 0.300 e. The van der Waals surface area contributed by atoms with E-state index in [1.54, 1.807) is 45.4 Å². The minimum atomic E-state index is -4.43. The largest absolute Gasteiger partial charge is 0.497 e. The molecule has 7 rings (SSSR count). The highest BCUT2D eigenvalue weighted by Gasteiger charge is 2.27. The van der Waals surface area contributed by atoms with Gasteiger partial charge in [-0.2, -0.15) is 22.1 Å². The van der Waals surface area contributed by atoms with Crippen LogP contribution in [0.3, 0.4) is 0 Å². The lowest BCUT2D eigenvalue weighted by Gasteiger charge is -2.14. The molecule has 0 atom stereocenters. The van der Waals surface area contributed by atoms with E-state index in [0.29, 0.717) is 34.1 Å². The zero-order chi connectivity index (χ0) is 46.9. The van der Waals surface area contributed by atoms with Crippen molar-refractivity contribution in [1.82, 2.24) is 0 Å². The Labute approximate surface area is 378 Å². The molecule has 0 aromatic heterocycles. The molecular weight excluding hydrogens is 891 g/mol. The molecule has 0 unspecified atom stereocenters. The van der Waals surface area contributed by atoms with Crippen molar-refractivity contribution in [3.05, 3.63) is 174 Å². The zero-order valence-corrected chi connectivity index (χ0v) is 38.2. The van der Waals surface area contributed by atoms with Gasteiger partial charge in [-0.3, -0.25) is 8.74 Å². The Bertz CT molecular complexity index is 3190. The summed E-state index contributed by atoms with van der Waals surface area (Å²) in [4.78, 5) is -1.20. The molecule has 0 aliphatic rings. The van der Waals surface area contributed by atoms with Crippen molar-refractivity contribution in [2.24, 2.45) is 0 Å². The van der Waals surface area contributed by atoms with Crippen LogP contribution in [0.2, 0.25) is 0 Å². The Kier molecular flexibility index (Phi) is 14.8. The molecule has 0 spiro atoms. The third kappa shape index (κ3) is 11.8. The first-order valence-electron chi connectivity index (χ1n) is 19.5. The van der Waals surface area contributed by atoms with Crippen molar-refractivity contribution >= 4 is 30.1 Å². The number of hydrogen-bond acceptors (Lipinski definition) is 12. The Hall–Kier alpha value is -7.00. The number of ether oxygens (including phenoxy) is 4. The van der Waals surface area contributed by atoms with Crippen molar-refractivity contribution < 1.29 is 52.9 Å². The van der Waals surface area contributed by atoms with Crippen molar-refractivity contribution in [3.8, 4) is 62.8 Å². The van der Waals surface area contributed by atoms with Crippen LogP contribution < -0.4 is 18.9 Å². The van der Waals surface area contributed by atoms with Crippen LogP contribution in [-0.2, 0) is 40.0 Å². The van der Waals surface area contributed by atoms with Crippen LogP contribution in [0.1, 0.15) is 22.3 Å². The van der Waals surface area contributed by atoms with Gasteiger partial charge in [-0.05, 0) is 138 Å². The summed E-state index contributed by atoms with van der Waals surface area (Å²) in [5, 5.41) is 9.27. The lowest BCUT2D eigenvalue weighted by Crippen LogP contribution is -2.09. The Morgan fingerprint density at radius 1 is 0.523 bits per heavy atom. The first-order valence-corrected chi connectivity index (χ1v) is 24.0. The summed E-state index contributed by atoms with van der Waals surface area (Å²) < 4.78 is 111. The first kappa shape index (κ1) is 47.5. The van der Waals surface area contributed by atoms with Crippen molar-refractivity contribution in [2.75, 3.05) is 21.3 Å². The second kappa shape index (κ2) is 20.2. The monoisotopic (exact) mass is 933 g/mol. The van der Waals surface area contributed by atoms with E-state index in [2.05, 4.69) is 10.3 Å². The molecule has 0 amide bonds. The van der Waals surface area contributed by atoms with Crippen LogP contribution >= 0.6 is 0 Å². The van der Waals surface area contributed by atoms with E-state index < -0.39 is 45.6 Å². The molecule has 16 heteroatoms. The molecule has 334 valence electrons. The van der Waals surface area contributed by atoms with Crippen LogP contribution in [0, 0.1) is 25.2 Å². The number of hydrogen-bond donors (Lipinski definition) is 1. The van der Waals surface area contributed by atoms with Crippen molar-refractivity contribution in [1.29, 1.82) is 5.26 Å². The van der Waals surface area contributed by atoms with E-state index in [-0.39, 0.29) is 16.2 Å². The van der Waals surface area contributed by atoms with Crippen LogP contribution in [0.5, 0.6) is 34.5 Å². The second-order valence-corrected chi connectivity index (χ2v) is 19.4. The van der Waals surface area contributed by atoms with Gasteiger partial charge in [0.15, 0.2) is 0 Å². The summed E-state index contributed by atoms with van der Waals surface area (Å²) in [5.41, 5.74) is 6.00. The van der Waals surface area contributed by atoms with Gasteiger partial charge >= 0.3 is 0 Å². The van der Waals surface area contributed by atoms with Gasteiger partial charge in [0, 0.05) is 0 Å². The number of methoxy groups -OCH3 is 2. The van der Waals surface area contributed by atoms with E-state index in [0.717, 1.165) is 52.8 Å². The topological polar surface area (TPSA) is 193 Å². The normalized spacial score (nSPS) is 11.4. The number of benzene rings is 7. The van der Waals surface area contributed by atoms with E-state index in [4.69, 9.17) is 18.9 Å². The van der Waals surface area contributed by atoms with E-state index >= 15 is 0 Å². The minimum Gasteiger partial charge on any atom is -0.497 e. The van der Waals surface area contributed by atoms with Gasteiger partial charge in [0.05, 0.1) is 36.7 Å². The lowest BCUT2D eigenvalue weighted by molar-refractivity contribution is 0.391. The van der Waals surface area contributed by atoms with Crippen molar-refractivity contribution in [3.63, 3.8) is 0 Å². The zero-order valence-electron chi connectivity index (χ0n) is 35.8. The molecule has 0 bridgehead atoms. The van der Waals surface area contributed by atoms with E-state index in [1.165, 1.54) is 24.3 Å². The molecule has 0 saturated heterocycles. The van der Waals surface area contributed by atoms with Gasteiger partial charge in [-0.25, -0.2) is 8.42 Å². The van der Waals surface area contributed by atoms with Gasteiger partial charge < -0.3 is 18.9 Å². The molecule has 0 radical (unpaired) electrons. The summed E-state index contributed by atoms with van der Waals surface area (Å²) in [7, 11) is -9.00. The third-order valence-corrected chi connectivity index (χ3v) is 13.8. The van der Waals surface area contributed by atoms with Crippen LogP contribution in [-0.4, -0.2) is 51.1 Å². The Balaban J connectivity index is 0.000000247. The number of nitriles is 1. The number of rotatable bonds is 14. The number of aryl methyl sites for hydroxylation is 2. The number of sulfone groups is 1. The summed E-state index contributed by atoms with van der Waals surface area (Å²) in [6, 6.07) is 44.8. The summed E-state index contributed by atoms with van der Waals surface area (Å²) in [5.74, 6) is 2.17. The predicted molar refractivity (Wildman–Crippen MR) is 245 cm³/mol. The molecule has 0 saturated carbocycles. The maximum absolute atomic E-state index is 13.4. The SMILES string of the molecule is COc1ccc(-c2ccc(Oc3ccc(S(=O)(=O)c4ccc(C)c(CS(=O)(=O)O)c4)cc3S(=O)(=O)OC)cc2)cc1.COc1ccc(-c2ccc(Oc3cccc(C)c3C#N)cc2)cc1. The molecule has 0 heterocycles. The molecule has 7 aromatic carbocycles. The van der Waals surface area contributed by atoms with Crippen LogP contribution in [0.25, 0.3) is 22.3 Å². The first-order chi connectivity index (χ1) is 30.9. The highest BCUT2D eigenvalue weighted by Crippen LogP contribution is 2.36. The lowest BCUT2D eigenvalue weighted by atomic mass is 10.1. The average molecular weight is 934 g/mol. The van der Waals surface area contributed by atoms with Gasteiger partial charge in [-0.15, -0.1) is 0 Å². The standard InChI is InChI=1S/C28H26O10S3.C21H17NO2/c1-19-4-13-25(16-22(19)18-39(29,30)31)40(32,33)26-14-15-27(28(17-26)41(34,35)37-3)38-24-11-7-21(8-12-24)20-5-9-23(36-2)10-6-20;1-15-4-3-5-21(20(15)14-22)24-19-12-8-17(9-13-19)16-6-10-18(23-2)11-7-16/h4-17H,18H2,1-3H3,(H,29,30,31);3-13H,1-2H3. The maximum atomic E-state index is 13.4. The molecule has 0 aliphatic heterocycles. The highest BCUT2D eigenvalue weighted by atomic mass is 32.2. The van der Waals surface area contributed by atoms with Gasteiger partial charge in [0.25, 0.3) is 20.2 Å². The molecule has 0 aliphatic carbocycles. The van der Waals surface area contributed by atoms with E-state index in [1.807, 2.05) is 97.9 Å². The minimum absolute atomic E-state index is 0.0800. The molecule has 13 nitrogen and oxygen atoms in total. The summed E-state index contributed by atoms with van der Waals surface area (Å²) in [6.07, 6.45) is 0. The number of nitrogens with zero attached hydrogens (tertiary/aromatic N) is 1. The van der Waals surface area contributed by atoms with Crippen LogP contribution in [0.15, 0.2) is 166 Å². The Morgan fingerprint density at radius 3 is 1.42 bits per heavy atom. The molecule has 7 aromatic rings. The average Bonchev–Trinajstić information content (AvgIpc) is 3.30. The molecule has 1 N–H and O–H groups in total. The van der Waals surface area contributed by atoms with Gasteiger partial charge in [0.1, 0.15) is 51.2 Å². The molecule has 0 fully saturated rings. The van der Waals surface area contributed by atoms with Crippen LogP contribution in [0.4, 0.5) is 0 Å². The maximum Gasteiger partial charge on any atom is 0.300 e. The predicted octanol–water partition coefficient (Wildman–Crippen LogP) is 10.4. The fraction of sp³-hybridized carbons (Fsp3) is 0.122. The van der Waals surface area contributed by atoms with Crippen molar-refractivity contribution in [2.45, 2.75) is 34.3 Å². The van der Waals surface area contributed by atoms with Gasteiger partial charge in [-0.1, -0.05) is 66.7 Å². The molecule has 65 heavy (non-hydrogen) atoms. The molecular formula is C49H43NO12S3. The Morgan fingerprint density at radius 2 is 0.969 bits per heavy atom. The quantitative estimate of drug-likeness (QED) is 0.0801. The fourth-order valence-corrected chi connectivity index (χ4v) is 9.37. The van der Waals surface area contributed by atoms with Gasteiger partial charge in [0.2, 0.25) is 9.84 Å². The second-order valence-electron chi connectivity index (χ2n) is 14.3. The summed E-state index contributed by atoms with van der Waals surface area (Å²) >= 11 is 0. The third-order valence-electron chi connectivity index (χ3n) is 10.0. The highest BCUT2D eigenvalue weighted by molar-refractivity contribution is 7.91. The summed E-state index contributed by atoms with van der Waals surface area (Å²) in [6.45, 7) is 3.47. The fourth-order valence-electron chi connectivity index (χ4n) is 6.45. The van der Waals surface area contributed by atoms with E-state index in [9.17, 15) is 35.1 Å².